The average Bonchev–Trinajstić information content (AvgIpc) is 3.07. The van der Waals surface area contributed by atoms with Crippen LogP contribution >= 0.6 is 0 Å². The van der Waals surface area contributed by atoms with Gasteiger partial charge in [-0.1, -0.05) is 24.6 Å². The molecule has 1 aliphatic heterocycles. The minimum absolute atomic E-state index is 1.03. The van der Waals surface area contributed by atoms with E-state index in [4.69, 9.17) is 4.74 Å². The van der Waals surface area contributed by atoms with Gasteiger partial charge in [0, 0.05) is 26.3 Å². The van der Waals surface area contributed by atoms with Crippen molar-refractivity contribution in [2.45, 2.75) is 39.0 Å². The topological polar surface area (TPSA) is 24.5 Å². The quantitative estimate of drug-likeness (QED) is 0.903. The van der Waals surface area contributed by atoms with Crippen molar-refractivity contribution in [2.24, 2.45) is 0 Å². The van der Waals surface area contributed by atoms with E-state index in [1.807, 2.05) is 0 Å². The van der Waals surface area contributed by atoms with Crippen molar-refractivity contribution in [1.82, 2.24) is 10.2 Å². The van der Waals surface area contributed by atoms with Crippen LogP contribution in [0.15, 0.2) is 17.7 Å². The Morgan fingerprint density at radius 1 is 1.27 bits per heavy atom. The fourth-order valence-electron chi connectivity index (χ4n) is 3.64. The normalized spacial score (nSPS) is 19.3. The molecular formula is C19H28N2O. The van der Waals surface area contributed by atoms with Gasteiger partial charge < -0.3 is 10.1 Å². The van der Waals surface area contributed by atoms with Gasteiger partial charge >= 0.3 is 0 Å². The summed E-state index contributed by atoms with van der Waals surface area (Å²) in [6.07, 6.45) is 8.51. The number of ether oxygens (including phenoxy) is 1. The van der Waals surface area contributed by atoms with E-state index in [9.17, 15) is 0 Å². The van der Waals surface area contributed by atoms with Gasteiger partial charge in [-0.2, -0.15) is 0 Å². The molecule has 0 saturated carbocycles. The summed E-state index contributed by atoms with van der Waals surface area (Å²) in [5.41, 5.74) is 5.91. The first-order chi connectivity index (χ1) is 10.8. The fourth-order valence-corrected chi connectivity index (χ4v) is 3.64. The Hall–Kier alpha value is -1.32. The van der Waals surface area contributed by atoms with Crippen molar-refractivity contribution >= 4 is 6.08 Å². The number of hydrogen-bond donors (Lipinski definition) is 1. The zero-order chi connectivity index (χ0) is 15.4. The molecule has 0 radical (unpaired) electrons. The molecule has 2 aliphatic rings. The second kappa shape index (κ2) is 7.30. The third-order valence-electron chi connectivity index (χ3n) is 4.93. The Labute approximate surface area is 134 Å². The highest BCUT2D eigenvalue weighted by molar-refractivity contribution is 5.62. The van der Waals surface area contributed by atoms with Crippen LogP contribution in [0.25, 0.3) is 6.08 Å². The Balaban J connectivity index is 1.87. The molecule has 0 unspecified atom stereocenters. The highest BCUT2D eigenvalue weighted by Gasteiger charge is 2.17. The van der Waals surface area contributed by atoms with Crippen molar-refractivity contribution in [3.63, 3.8) is 0 Å². The van der Waals surface area contributed by atoms with Gasteiger partial charge in [0.2, 0.25) is 0 Å². The van der Waals surface area contributed by atoms with E-state index >= 15 is 0 Å². The number of nitrogens with one attached hydrogen (secondary N) is 1. The van der Waals surface area contributed by atoms with Crippen molar-refractivity contribution in [3.05, 3.63) is 34.4 Å². The van der Waals surface area contributed by atoms with Crippen LogP contribution in [0, 0.1) is 0 Å². The third kappa shape index (κ3) is 3.36. The van der Waals surface area contributed by atoms with Crippen molar-refractivity contribution in [2.75, 3.05) is 33.4 Å². The fraction of sp³-hybridized carbons (Fsp3) is 0.579. The van der Waals surface area contributed by atoms with Crippen LogP contribution in [-0.2, 0) is 12.8 Å². The first kappa shape index (κ1) is 15.6. The molecule has 0 atom stereocenters. The molecule has 1 aliphatic carbocycles. The number of hydrogen-bond acceptors (Lipinski definition) is 3. The maximum Gasteiger partial charge on any atom is 0.122 e. The largest absolute Gasteiger partial charge is 0.496 e. The van der Waals surface area contributed by atoms with Crippen LogP contribution in [0.2, 0.25) is 0 Å². The summed E-state index contributed by atoms with van der Waals surface area (Å²) in [6.45, 7) is 6.67. The summed E-state index contributed by atoms with van der Waals surface area (Å²) in [5, 5.41) is 3.41. The van der Waals surface area contributed by atoms with Gasteiger partial charge in [-0.15, -0.1) is 0 Å². The van der Waals surface area contributed by atoms with Crippen LogP contribution in [0.1, 0.15) is 42.9 Å². The monoisotopic (exact) mass is 300 g/mol. The molecule has 1 N–H and O–H groups in total. The summed E-state index contributed by atoms with van der Waals surface area (Å²) in [7, 11) is 1.79. The molecule has 0 aromatic heterocycles. The lowest BCUT2D eigenvalue weighted by atomic mass is 9.86. The summed E-state index contributed by atoms with van der Waals surface area (Å²) in [4.78, 5) is 2.49. The second-order valence-electron chi connectivity index (χ2n) is 6.39. The number of methoxy groups -OCH3 is 1. The van der Waals surface area contributed by atoms with Crippen LogP contribution in [0.3, 0.4) is 0 Å². The smallest absolute Gasteiger partial charge is 0.122 e. The lowest BCUT2D eigenvalue weighted by Crippen LogP contribution is -2.24. The van der Waals surface area contributed by atoms with Crippen LogP contribution in [0.5, 0.6) is 5.75 Å². The lowest BCUT2D eigenvalue weighted by Gasteiger charge is -2.22. The van der Waals surface area contributed by atoms with Gasteiger partial charge in [0.1, 0.15) is 5.75 Å². The predicted molar refractivity (Wildman–Crippen MR) is 92.3 cm³/mol. The minimum Gasteiger partial charge on any atom is -0.496 e. The Bertz CT molecular complexity index is 545. The maximum absolute atomic E-state index is 5.57. The summed E-state index contributed by atoms with van der Waals surface area (Å²) in [6, 6.07) is 4.40. The van der Waals surface area contributed by atoms with E-state index in [2.05, 4.69) is 35.3 Å². The number of nitrogens with zero attached hydrogens (tertiary/aromatic N) is 1. The van der Waals surface area contributed by atoms with Gasteiger partial charge in [-0.25, -0.2) is 0 Å². The Kier molecular flexibility index (Phi) is 5.16. The average molecular weight is 300 g/mol. The van der Waals surface area contributed by atoms with Gasteiger partial charge in [0.05, 0.1) is 7.11 Å². The van der Waals surface area contributed by atoms with E-state index in [0.29, 0.717) is 0 Å². The van der Waals surface area contributed by atoms with Crippen molar-refractivity contribution < 1.29 is 4.74 Å². The van der Waals surface area contributed by atoms with Gasteiger partial charge in [0.15, 0.2) is 0 Å². The molecule has 1 aromatic rings. The number of benzene rings is 1. The van der Waals surface area contributed by atoms with Crippen LogP contribution in [0.4, 0.5) is 0 Å². The maximum atomic E-state index is 5.57. The second-order valence-corrected chi connectivity index (χ2v) is 6.39. The van der Waals surface area contributed by atoms with E-state index in [0.717, 1.165) is 44.9 Å². The number of rotatable bonds is 5. The lowest BCUT2D eigenvalue weighted by molar-refractivity contribution is 0.362. The van der Waals surface area contributed by atoms with Gasteiger partial charge in [-0.3, -0.25) is 4.90 Å². The van der Waals surface area contributed by atoms with E-state index in [1.54, 1.807) is 7.11 Å². The predicted octanol–water partition coefficient (Wildman–Crippen LogP) is 3.23. The molecule has 3 heteroatoms. The molecule has 1 fully saturated rings. The summed E-state index contributed by atoms with van der Waals surface area (Å²) in [5.74, 6) is 1.08. The van der Waals surface area contributed by atoms with E-state index in [-0.39, 0.29) is 0 Å². The minimum atomic E-state index is 1.03. The molecule has 3 nitrogen and oxygen atoms in total. The Morgan fingerprint density at radius 3 is 2.77 bits per heavy atom. The molecular weight excluding hydrogens is 272 g/mol. The van der Waals surface area contributed by atoms with Crippen LogP contribution < -0.4 is 10.1 Å². The zero-order valence-electron chi connectivity index (χ0n) is 14.0. The standard InChI is InChI=1S/C19H28N2O/c1-3-15(13-21-11-10-20-14-21)12-16-8-9-19(22-2)18-7-5-4-6-17(16)18/h8-9,12,20H,3-7,10-11,13-14H2,1-2H3/b15-12-. The third-order valence-corrected chi connectivity index (χ3v) is 4.93. The molecule has 1 saturated heterocycles. The van der Waals surface area contributed by atoms with Crippen molar-refractivity contribution in [3.8, 4) is 5.75 Å². The van der Waals surface area contributed by atoms with Crippen LogP contribution in [-0.4, -0.2) is 38.3 Å². The number of fused-ring (bicyclic) bond motifs is 1. The molecule has 1 aromatic carbocycles. The molecule has 22 heavy (non-hydrogen) atoms. The molecule has 1 heterocycles. The van der Waals surface area contributed by atoms with Gasteiger partial charge in [0.25, 0.3) is 0 Å². The Morgan fingerprint density at radius 2 is 2.09 bits per heavy atom. The highest BCUT2D eigenvalue weighted by Crippen LogP contribution is 2.33. The summed E-state index contributed by atoms with van der Waals surface area (Å²) >= 11 is 0. The summed E-state index contributed by atoms with van der Waals surface area (Å²) < 4.78 is 5.57. The first-order valence-corrected chi connectivity index (χ1v) is 8.63. The molecule has 0 spiro atoms. The first-order valence-electron chi connectivity index (χ1n) is 8.63. The van der Waals surface area contributed by atoms with Gasteiger partial charge in [-0.05, 0) is 54.9 Å². The molecule has 0 bridgehead atoms. The molecule has 0 amide bonds. The highest BCUT2D eigenvalue weighted by atomic mass is 16.5. The SMILES string of the molecule is CC/C(=C/c1ccc(OC)c2c1CCCC2)CN1CCNC1. The molecule has 3 rings (SSSR count). The zero-order valence-corrected chi connectivity index (χ0v) is 14.0. The molecule has 120 valence electrons. The van der Waals surface area contributed by atoms with E-state index < -0.39 is 0 Å². The van der Waals surface area contributed by atoms with E-state index in [1.165, 1.54) is 41.5 Å². The van der Waals surface area contributed by atoms with Crippen molar-refractivity contribution in [1.29, 1.82) is 0 Å².